The Labute approximate surface area is 113 Å². The zero-order valence-corrected chi connectivity index (χ0v) is 12.0. The van der Waals surface area contributed by atoms with Crippen molar-refractivity contribution in [2.75, 3.05) is 25.5 Å². The first-order valence-corrected chi connectivity index (χ1v) is 6.51. The van der Waals surface area contributed by atoms with E-state index >= 15 is 0 Å². The number of nitrogens with zero attached hydrogens (tertiary/aromatic N) is 2. The highest BCUT2D eigenvalue weighted by Crippen LogP contribution is 2.22. The highest BCUT2D eigenvalue weighted by molar-refractivity contribution is 6.35. The largest absolute Gasteiger partial charge is 0.369 e. The van der Waals surface area contributed by atoms with Gasteiger partial charge in [0, 0.05) is 18.8 Å². The molecule has 0 aromatic carbocycles. The summed E-state index contributed by atoms with van der Waals surface area (Å²) in [6.45, 7) is 6.28. The first-order chi connectivity index (χ1) is 8.00. The second-order valence-corrected chi connectivity index (χ2v) is 5.18. The minimum Gasteiger partial charge on any atom is -0.369 e. The predicted octanol–water partition coefficient (Wildman–Crippen LogP) is 3.53. The molecule has 0 radical (unpaired) electrons. The van der Waals surface area contributed by atoms with E-state index in [-0.39, 0.29) is 0 Å². The maximum atomic E-state index is 6.00. The van der Waals surface area contributed by atoms with E-state index in [1.807, 2.05) is 0 Å². The van der Waals surface area contributed by atoms with Gasteiger partial charge in [0.25, 0.3) is 0 Å². The van der Waals surface area contributed by atoms with Gasteiger partial charge in [0.1, 0.15) is 5.82 Å². The van der Waals surface area contributed by atoms with E-state index < -0.39 is 0 Å². The van der Waals surface area contributed by atoms with Crippen molar-refractivity contribution >= 4 is 29.0 Å². The van der Waals surface area contributed by atoms with Crippen molar-refractivity contribution in [3.63, 3.8) is 0 Å². The van der Waals surface area contributed by atoms with Crippen molar-refractivity contribution in [1.82, 2.24) is 9.88 Å². The number of aromatic nitrogens is 1. The quantitative estimate of drug-likeness (QED) is 0.806. The molecule has 0 aliphatic rings. The van der Waals surface area contributed by atoms with Gasteiger partial charge in [-0.2, -0.15) is 0 Å². The van der Waals surface area contributed by atoms with Crippen LogP contribution in [-0.4, -0.2) is 36.1 Å². The van der Waals surface area contributed by atoms with E-state index in [2.05, 4.69) is 36.1 Å². The van der Waals surface area contributed by atoms with Gasteiger partial charge < -0.3 is 10.2 Å². The van der Waals surface area contributed by atoms with Crippen LogP contribution in [0.1, 0.15) is 20.3 Å². The summed E-state index contributed by atoms with van der Waals surface area (Å²) in [5, 5.41) is 4.33. The molecule has 5 heteroatoms. The van der Waals surface area contributed by atoms with Crippen LogP contribution >= 0.6 is 23.2 Å². The van der Waals surface area contributed by atoms with Crippen molar-refractivity contribution in [1.29, 1.82) is 0 Å². The molecule has 0 spiro atoms. The minimum atomic E-state index is 0.556. The topological polar surface area (TPSA) is 28.2 Å². The molecule has 1 heterocycles. The second kappa shape index (κ2) is 7.04. The first-order valence-electron chi connectivity index (χ1n) is 5.76. The van der Waals surface area contributed by atoms with Gasteiger partial charge in [-0.25, -0.2) is 4.98 Å². The van der Waals surface area contributed by atoms with E-state index in [0.29, 0.717) is 21.9 Å². The van der Waals surface area contributed by atoms with E-state index in [4.69, 9.17) is 23.2 Å². The standard InChI is InChI=1S/C12H19Cl2N3/c1-9(2)17(3)6-4-5-15-12-11(14)7-10(13)8-16-12/h7-9H,4-6H2,1-3H3,(H,15,16). The zero-order chi connectivity index (χ0) is 12.8. The molecule has 1 N–H and O–H groups in total. The molecular formula is C12H19Cl2N3. The van der Waals surface area contributed by atoms with Crippen LogP contribution in [0.15, 0.2) is 12.3 Å². The third-order valence-corrected chi connectivity index (χ3v) is 3.16. The molecular weight excluding hydrogens is 257 g/mol. The Balaban J connectivity index is 2.31. The summed E-state index contributed by atoms with van der Waals surface area (Å²) in [4.78, 5) is 6.45. The normalized spacial score (nSPS) is 11.2. The van der Waals surface area contributed by atoms with E-state index in [9.17, 15) is 0 Å². The van der Waals surface area contributed by atoms with Gasteiger partial charge in [0.05, 0.1) is 10.0 Å². The Morgan fingerprint density at radius 2 is 2.12 bits per heavy atom. The molecule has 0 unspecified atom stereocenters. The van der Waals surface area contributed by atoms with Crippen molar-refractivity contribution in [2.24, 2.45) is 0 Å². The zero-order valence-electron chi connectivity index (χ0n) is 10.5. The van der Waals surface area contributed by atoms with Crippen molar-refractivity contribution in [3.05, 3.63) is 22.3 Å². The molecule has 96 valence electrons. The van der Waals surface area contributed by atoms with E-state index in [0.717, 1.165) is 19.5 Å². The van der Waals surface area contributed by atoms with Gasteiger partial charge >= 0.3 is 0 Å². The second-order valence-electron chi connectivity index (χ2n) is 4.34. The Morgan fingerprint density at radius 1 is 1.41 bits per heavy atom. The lowest BCUT2D eigenvalue weighted by Gasteiger charge is -2.20. The monoisotopic (exact) mass is 275 g/mol. The van der Waals surface area contributed by atoms with Crippen LogP contribution in [0.4, 0.5) is 5.82 Å². The third-order valence-electron chi connectivity index (χ3n) is 2.67. The molecule has 0 aliphatic carbocycles. The number of hydrogen-bond acceptors (Lipinski definition) is 3. The summed E-state index contributed by atoms with van der Waals surface area (Å²) in [6, 6.07) is 2.27. The number of pyridine rings is 1. The molecule has 0 saturated carbocycles. The Morgan fingerprint density at radius 3 is 2.71 bits per heavy atom. The fourth-order valence-corrected chi connectivity index (χ4v) is 1.79. The van der Waals surface area contributed by atoms with E-state index in [1.165, 1.54) is 0 Å². The van der Waals surface area contributed by atoms with Gasteiger partial charge in [0.2, 0.25) is 0 Å². The summed E-state index contributed by atoms with van der Waals surface area (Å²) in [7, 11) is 2.12. The summed E-state index contributed by atoms with van der Waals surface area (Å²) in [5.41, 5.74) is 0. The van der Waals surface area contributed by atoms with Gasteiger partial charge in [-0.15, -0.1) is 0 Å². The highest BCUT2D eigenvalue weighted by atomic mass is 35.5. The molecule has 1 aromatic rings. The van der Waals surface area contributed by atoms with Crippen LogP contribution < -0.4 is 5.32 Å². The van der Waals surface area contributed by atoms with Crippen molar-refractivity contribution < 1.29 is 0 Å². The maximum absolute atomic E-state index is 6.00. The summed E-state index contributed by atoms with van der Waals surface area (Å²) < 4.78 is 0. The van der Waals surface area contributed by atoms with Crippen LogP contribution in [0, 0.1) is 0 Å². The van der Waals surface area contributed by atoms with Gasteiger partial charge in [-0.3, -0.25) is 0 Å². The molecule has 0 amide bonds. The van der Waals surface area contributed by atoms with Crippen LogP contribution in [0.5, 0.6) is 0 Å². The molecule has 0 fully saturated rings. The summed E-state index contributed by atoms with van der Waals surface area (Å²) >= 11 is 11.8. The number of halogens is 2. The maximum Gasteiger partial charge on any atom is 0.144 e. The van der Waals surface area contributed by atoms with Crippen LogP contribution in [0.3, 0.4) is 0 Å². The van der Waals surface area contributed by atoms with Gasteiger partial charge in [0.15, 0.2) is 0 Å². The lowest BCUT2D eigenvalue weighted by Crippen LogP contribution is -2.28. The average molecular weight is 276 g/mol. The van der Waals surface area contributed by atoms with Crippen molar-refractivity contribution in [3.8, 4) is 0 Å². The summed E-state index contributed by atoms with van der Waals surface area (Å²) in [6.07, 6.45) is 2.64. The molecule has 17 heavy (non-hydrogen) atoms. The molecule has 0 bridgehead atoms. The third kappa shape index (κ3) is 5.11. The van der Waals surface area contributed by atoms with Crippen LogP contribution in [0.2, 0.25) is 10.0 Å². The lowest BCUT2D eigenvalue weighted by atomic mass is 10.3. The molecule has 0 saturated heterocycles. The van der Waals surface area contributed by atoms with Crippen LogP contribution in [0.25, 0.3) is 0 Å². The number of anilines is 1. The average Bonchev–Trinajstić information content (AvgIpc) is 2.26. The Hall–Kier alpha value is -0.510. The lowest BCUT2D eigenvalue weighted by molar-refractivity contribution is 0.273. The van der Waals surface area contributed by atoms with Gasteiger partial charge in [-0.1, -0.05) is 23.2 Å². The molecule has 3 nitrogen and oxygen atoms in total. The summed E-state index contributed by atoms with van der Waals surface area (Å²) in [5.74, 6) is 0.697. The SMILES string of the molecule is CC(C)N(C)CCCNc1ncc(Cl)cc1Cl. The molecule has 1 rings (SSSR count). The minimum absolute atomic E-state index is 0.556. The fourth-order valence-electron chi connectivity index (χ4n) is 1.34. The van der Waals surface area contributed by atoms with Crippen molar-refractivity contribution in [2.45, 2.75) is 26.3 Å². The van der Waals surface area contributed by atoms with Crippen LogP contribution in [-0.2, 0) is 0 Å². The smallest absolute Gasteiger partial charge is 0.144 e. The number of rotatable bonds is 6. The first kappa shape index (κ1) is 14.6. The molecule has 0 aliphatic heterocycles. The number of hydrogen-bond donors (Lipinski definition) is 1. The predicted molar refractivity (Wildman–Crippen MR) is 75.1 cm³/mol. The molecule has 1 aromatic heterocycles. The number of nitrogens with one attached hydrogen (secondary N) is 1. The Bertz CT molecular complexity index is 356. The molecule has 0 atom stereocenters. The van der Waals surface area contributed by atoms with E-state index in [1.54, 1.807) is 12.3 Å². The highest BCUT2D eigenvalue weighted by Gasteiger charge is 2.04. The Kier molecular flexibility index (Phi) is 6.03. The van der Waals surface area contributed by atoms with Gasteiger partial charge in [-0.05, 0) is 39.9 Å². The fraction of sp³-hybridized carbons (Fsp3) is 0.583.